The third-order valence-corrected chi connectivity index (χ3v) is 15.5. The van der Waals surface area contributed by atoms with Gasteiger partial charge in [-0.2, -0.15) is 0 Å². The number of phenols is 2. The maximum atomic E-state index is 10.9. The molecule has 0 amide bonds. The van der Waals surface area contributed by atoms with E-state index >= 15 is 0 Å². The Labute approximate surface area is 378 Å². The van der Waals surface area contributed by atoms with Crippen molar-refractivity contribution in [1.82, 2.24) is 0 Å². The first kappa shape index (κ1) is 48.0. The first-order valence-electron chi connectivity index (χ1n) is 22.4. The summed E-state index contributed by atoms with van der Waals surface area (Å²) in [6.07, 6.45) is 1.48. The van der Waals surface area contributed by atoms with Crippen LogP contribution in [0, 0.1) is 0 Å². The van der Waals surface area contributed by atoms with E-state index < -0.39 is 19.0 Å². The Balaban J connectivity index is 0.000000234. The third kappa shape index (κ3) is 13.0. The van der Waals surface area contributed by atoms with E-state index in [-0.39, 0.29) is 21.7 Å². The molecule has 0 heterocycles. The topological polar surface area (TPSA) is 58.9 Å². The second-order valence-electron chi connectivity index (χ2n) is 20.8. The van der Waals surface area contributed by atoms with Crippen LogP contribution >= 0.6 is 0 Å². The Bertz CT molecular complexity index is 2190. The first-order chi connectivity index (χ1) is 29.1. The van der Waals surface area contributed by atoms with Crippen molar-refractivity contribution < 1.29 is 19.7 Å². The van der Waals surface area contributed by atoms with Crippen molar-refractivity contribution in [2.75, 3.05) is 12.5 Å². The van der Waals surface area contributed by atoms with Crippen molar-refractivity contribution in [1.29, 1.82) is 0 Å². The van der Waals surface area contributed by atoms with Gasteiger partial charge in [-0.15, -0.1) is 0 Å². The molecule has 0 aromatic heterocycles. The summed E-state index contributed by atoms with van der Waals surface area (Å²) < 4.78 is 12.8. The van der Waals surface area contributed by atoms with Crippen LogP contribution < -0.4 is 9.47 Å². The van der Waals surface area contributed by atoms with E-state index in [0.717, 1.165) is 46.2 Å². The molecular formula is C56H72O4Si2. The first-order valence-corrected chi connectivity index (χ1v) is 26.0. The Hall–Kier alpha value is -5.05. The molecule has 2 N–H and O–H groups in total. The Morgan fingerprint density at radius 3 is 1.05 bits per heavy atom. The summed E-state index contributed by atoms with van der Waals surface area (Å²) in [6, 6.07) is 51.0. The summed E-state index contributed by atoms with van der Waals surface area (Å²) >= 11 is 0. The zero-order valence-corrected chi connectivity index (χ0v) is 42.4. The van der Waals surface area contributed by atoms with Gasteiger partial charge in [-0.3, -0.25) is 0 Å². The van der Waals surface area contributed by atoms with Crippen LogP contribution in [0.25, 0.3) is 0 Å². The average Bonchev–Trinajstić information content (AvgIpc) is 3.22. The van der Waals surface area contributed by atoms with Gasteiger partial charge in [0, 0.05) is 33.3 Å². The lowest BCUT2D eigenvalue weighted by Crippen LogP contribution is -2.21. The Morgan fingerprint density at radius 1 is 0.403 bits per heavy atom. The van der Waals surface area contributed by atoms with Crippen molar-refractivity contribution in [2.45, 2.75) is 116 Å². The van der Waals surface area contributed by atoms with E-state index in [2.05, 4.69) is 210 Å². The quantitative estimate of drug-likeness (QED) is 0.120. The van der Waals surface area contributed by atoms with Gasteiger partial charge in [-0.05, 0) is 68.2 Å². The highest BCUT2D eigenvalue weighted by molar-refractivity contribution is 6.39. The molecule has 0 aliphatic heterocycles. The maximum absolute atomic E-state index is 10.9. The highest BCUT2D eigenvalue weighted by Crippen LogP contribution is 2.43. The fourth-order valence-electron chi connectivity index (χ4n) is 8.08. The van der Waals surface area contributed by atoms with Gasteiger partial charge in [-0.1, -0.05) is 204 Å². The molecule has 6 aromatic carbocycles. The van der Waals surface area contributed by atoms with E-state index in [0.29, 0.717) is 22.6 Å². The van der Waals surface area contributed by atoms with Gasteiger partial charge in [0.1, 0.15) is 23.0 Å². The average molecular weight is 865 g/mol. The zero-order valence-electron chi connectivity index (χ0n) is 39.6. The van der Waals surface area contributed by atoms with Gasteiger partial charge in [0.2, 0.25) is 0 Å². The molecule has 0 saturated heterocycles. The third-order valence-electron chi connectivity index (χ3n) is 11.6. The molecule has 0 aliphatic carbocycles. The number of hydrogen-bond donors (Lipinski definition) is 2. The molecule has 4 nitrogen and oxygen atoms in total. The highest BCUT2D eigenvalue weighted by atomic mass is 28.2. The van der Waals surface area contributed by atoms with Crippen LogP contribution in [0.1, 0.15) is 139 Å². The predicted octanol–water partition coefficient (Wildman–Crippen LogP) is 12.6. The predicted molar refractivity (Wildman–Crippen MR) is 269 cm³/mol. The molecule has 0 aliphatic rings. The molecule has 0 saturated carbocycles. The molecule has 0 unspecified atom stereocenters. The van der Waals surface area contributed by atoms with Crippen LogP contribution in [0.5, 0.6) is 23.0 Å². The summed E-state index contributed by atoms with van der Waals surface area (Å²) in [5, 5.41) is 21.6. The summed E-state index contributed by atoms with van der Waals surface area (Å²) in [5.41, 5.74) is 9.60. The van der Waals surface area contributed by atoms with Crippen LogP contribution in [-0.2, 0) is 21.7 Å². The lowest BCUT2D eigenvalue weighted by atomic mass is 9.79. The molecule has 0 bridgehead atoms. The zero-order chi connectivity index (χ0) is 45.3. The molecule has 0 spiro atoms. The molecule has 0 radical (unpaired) electrons. The van der Waals surface area contributed by atoms with Crippen molar-refractivity contribution in [2.24, 2.45) is 0 Å². The molecular weight excluding hydrogens is 793 g/mol. The number of aromatic hydroxyl groups is 2. The minimum absolute atomic E-state index is 0.108. The minimum Gasteiger partial charge on any atom is -0.508 e. The lowest BCUT2D eigenvalue weighted by molar-refractivity contribution is 0.363. The lowest BCUT2D eigenvalue weighted by Gasteiger charge is -2.28. The van der Waals surface area contributed by atoms with Crippen molar-refractivity contribution in [3.8, 4) is 23.0 Å². The number of hydrogen-bond acceptors (Lipinski definition) is 4. The highest BCUT2D eigenvalue weighted by Gasteiger charge is 2.28. The summed E-state index contributed by atoms with van der Waals surface area (Å²) in [6.45, 7) is 25.7. The second-order valence-corrected chi connectivity index (χ2v) is 24.4. The normalized spacial score (nSPS) is 12.6. The van der Waals surface area contributed by atoms with Crippen molar-refractivity contribution in [3.63, 3.8) is 0 Å². The molecule has 6 rings (SSSR count). The van der Waals surface area contributed by atoms with E-state index in [1.165, 1.54) is 22.3 Å². The van der Waals surface area contributed by atoms with E-state index in [1.54, 1.807) is 0 Å². The van der Waals surface area contributed by atoms with E-state index in [1.807, 2.05) is 18.2 Å². The SMILES string of the molecule is CC(C)(C)c1cc(OC[SiH2]C(c2ccccc2)c2ccccc2)c(C(C)(C)C)cc1O.CC(C)(C)c1cc(OC[SiH2]C(c2ccccc2)c2ccccc2)cc(C(C)(C)C)c1O. The van der Waals surface area contributed by atoms with Gasteiger partial charge in [0.05, 0.1) is 31.5 Å². The molecule has 0 fully saturated rings. The standard InChI is InChI=1S/2C28H36O2Si/c1-27(2,3)22-18-25(23(17-24(22)29)28(4,5)6)30-19-31-26(20-13-9-7-10-14-20)21-15-11-8-12-16-21;1-27(2,3)23-17-22(18-24(25(23)29)28(4,5)6)30-19-31-26(20-13-9-7-10-14-20)21-15-11-8-12-16-21/h2*7-18,26,29H,19,31H2,1-6H3. The van der Waals surface area contributed by atoms with Gasteiger partial charge < -0.3 is 19.7 Å². The monoisotopic (exact) mass is 864 g/mol. The molecule has 62 heavy (non-hydrogen) atoms. The van der Waals surface area contributed by atoms with Gasteiger partial charge in [0.15, 0.2) is 0 Å². The molecule has 6 heteroatoms. The fourth-order valence-corrected chi connectivity index (χ4v) is 11.7. The number of rotatable bonds is 12. The second kappa shape index (κ2) is 20.4. The van der Waals surface area contributed by atoms with E-state index in [4.69, 9.17) is 9.47 Å². The Kier molecular flexibility index (Phi) is 15.8. The smallest absolute Gasteiger partial charge is 0.123 e. The van der Waals surface area contributed by atoms with Gasteiger partial charge >= 0.3 is 0 Å². The van der Waals surface area contributed by atoms with Gasteiger partial charge in [-0.25, -0.2) is 0 Å². The molecule has 328 valence electrons. The molecule has 0 atom stereocenters. The van der Waals surface area contributed by atoms with Crippen LogP contribution in [0.15, 0.2) is 146 Å². The van der Waals surface area contributed by atoms with Crippen LogP contribution in [-0.4, -0.2) is 41.7 Å². The number of benzene rings is 6. The summed E-state index contributed by atoms with van der Waals surface area (Å²) in [5.74, 6) is 2.52. The van der Waals surface area contributed by atoms with Gasteiger partial charge in [0.25, 0.3) is 0 Å². The van der Waals surface area contributed by atoms with Crippen LogP contribution in [0.4, 0.5) is 0 Å². The Morgan fingerprint density at radius 2 is 0.726 bits per heavy atom. The minimum atomic E-state index is -0.616. The number of ether oxygens (including phenoxy) is 2. The van der Waals surface area contributed by atoms with Crippen LogP contribution in [0.2, 0.25) is 0 Å². The molecule has 6 aromatic rings. The van der Waals surface area contributed by atoms with Crippen molar-refractivity contribution >= 4 is 19.0 Å². The fraction of sp³-hybridized carbons (Fsp3) is 0.357. The maximum Gasteiger partial charge on any atom is 0.123 e. The van der Waals surface area contributed by atoms with Crippen molar-refractivity contribution in [3.05, 3.63) is 190 Å². The largest absolute Gasteiger partial charge is 0.508 e. The summed E-state index contributed by atoms with van der Waals surface area (Å²) in [7, 11) is -1.22. The summed E-state index contributed by atoms with van der Waals surface area (Å²) in [4.78, 5) is 0. The number of phenolic OH excluding ortho intramolecular Hbond substituents is 2. The van der Waals surface area contributed by atoms with E-state index in [9.17, 15) is 10.2 Å². The van der Waals surface area contributed by atoms with Crippen LogP contribution in [0.3, 0.4) is 0 Å².